The van der Waals surface area contributed by atoms with Crippen LogP contribution in [0.15, 0.2) is 28.4 Å². The molecule has 0 bridgehead atoms. The third kappa shape index (κ3) is 3.36. The average molecular weight is 266 g/mol. The zero-order chi connectivity index (χ0) is 13.0. The number of aromatic nitrogens is 1. The number of nitrogens with two attached hydrogens (primary N) is 1. The molecule has 1 aliphatic rings. The van der Waals surface area contributed by atoms with Gasteiger partial charge in [0.25, 0.3) is 0 Å². The van der Waals surface area contributed by atoms with Gasteiger partial charge in [0.2, 0.25) is 5.91 Å². The minimum absolute atomic E-state index is 0.00295. The molecule has 1 aromatic rings. The number of rotatable bonds is 5. The van der Waals surface area contributed by atoms with Crippen molar-refractivity contribution in [3.63, 3.8) is 0 Å². The van der Waals surface area contributed by atoms with Crippen molar-refractivity contribution < 1.29 is 10.0 Å². The van der Waals surface area contributed by atoms with Gasteiger partial charge in [0.05, 0.1) is 5.75 Å². The first-order valence-electron chi connectivity index (χ1n) is 5.56. The SMILES string of the molecule is N/C(=N/O)c1ncccc1SCC(=O)NC1CC1. The summed E-state index contributed by atoms with van der Waals surface area (Å²) in [7, 11) is 0. The quantitative estimate of drug-likeness (QED) is 0.237. The van der Waals surface area contributed by atoms with E-state index in [-0.39, 0.29) is 11.7 Å². The Labute approximate surface area is 109 Å². The van der Waals surface area contributed by atoms with Crippen LogP contribution in [-0.2, 0) is 4.79 Å². The van der Waals surface area contributed by atoms with Gasteiger partial charge in [-0.2, -0.15) is 0 Å². The predicted molar refractivity (Wildman–Crippen MR) is 68.6 cm³/mol. The van der Waals surface area contributed by atoms with Gasteiger partial charge in [-0.3, -0.25) is 9.78 Å². The average Bonchev–Trinajstić information content (AvgIpc) is 3.19. The maximum absolute atomic E-state index is 11.6. The smallest absolute Gasteiger partial charge is 0.230 e. The number of oxime groups is 1. The molecule has 18 heavy (non-hydrogen) atoms. The molecule has 1 aromatic heterocycles. The maximum atomic E-state index is 11.6. The Bertz CT molecular complexity index is 474. The van der Waals surface area contributed by atoms with E-state index < -0.39 is 0 Å². The van der Waals surface area contributed by atoms with E-state index in [2.05, 4.69) is 15.5 Å². The molecule has 1 fully saturated rings. The summed E-state index contributed by atoms with van der Waals surface area (Å²) in [6.45, 7) is 0. The highest BCUT2D eigenvalue weighted by molar-refractivity contribution is 8.00. The molecule has 1 saturated carbocycles. The van der Waals surface area contributed by atoms with Crippen LogP contribution in [-0.4, -0.2) is 33.7 Å². The number of thioether (sulfide) groups is 1. The van der Waals surface area contributed by atoms with Crippen molar-refractivity contribution in [3.8, 4) is 0 Å². The van der Waals surface area contributed by atoms with Gasteiger partial charge in [0.1, 0.15) is 5.69 Å². The van der Waals surface area contributed by atoms with Gasteiger partial charge in [-0.05, 0) is 25.0 Å². The van der Waals surface area contributed by atoms with Gasteiger partial charge < -0.3 is 16.3 Å². The van der Waals surface area contributed by atoms with Gasteiger partial charge in [0, 0.05) is 17.1 Å². The fourth-order valence-corrected chi connectivity index (χ4v) is 2.23. The lowest BCUT2D eigenvalue weighted by atomic mass is 10.3. The molecule has 6 nitrogen and oxygen atoms in total. The fraction of sp³-hybridized carbons (Fsp3) is 0.364. The number of hydrogen-bond acceptors (Lipinski definition) is 5. The third-order valence-corrected chi connectivity index (χ3v) is 3.47. The van der Waals surface area contributed by atoms with Crippen LogP contribution < -0.4 is 11.1 Å². The van der Waals surface area contributed by atoms with Crippen molar-refractivity contribution in [3.05, 3.63) is 24.0 Å². The Balaban J connectivity index is 1.97. The van der Waals surface area contributed by atoms with Crippen LogP contribution in [0.3, 0.4) is 0 Å². The number of carbonyl (C=O) groups excluding carboxylic acids is 1. The summed E-state index contributed by atoms with van der Waals surface area (Å²) in [4.78, 5) is 16.3. The molecule has 1 aliphatic carbocycles. The highest BCUT2D eigenvalue weighted by Gasteiger charge is 2.23. The predicted octanol–water partition coefficient (Wildman–Crippen LogP) is 0.547. The molecule has 0 aromatic carbocycles. The highest BCUT2D eigenvalue weighted by atomic mass is 32.2. The summed E-state index contributed by atoms with van der Waals surface area (Å²) in [5.74, 6) is 0.242. The lowest BCUT2D eigenvalue weighted by molar-refractivity contribution is -0.118. The highest BCUT2D eigenvalue weighted by Crippen LogP contribution is 2.22. The molecule has 0 atom stereocenters. The molecule has 96 valence electrons. The Morgan fingerprint density at radius 1 is 1.67 bits per heavy atom. The summed E-state index contributed by atoms with van der Waals surface area (Å²) >= 11 is 1.32. The zero-order valence-electron chi connectivity index (χ0n) is 9.67. The van der Waals surface area contributed by atoms with Crippen LogP contribution in [0.2, 0.25) is 0 Å². The van der Waals surface area contributed by atoms with Gasteiger partial charge >= 0.3 is 0 Å². The minimum Gasteiger partial charge on any atom is -0.409 e. The number of amides is 1. The lowest BCUT2D eigenvalue weighted by Crippen LogP contribution is -2.27. The number of hydrogen-bond donors (Lipinski definition) is 3. The molecule has 4 N–H and O–H groups in total. The number of pyridine rings is 1. The van der Waals surface area contributed by atoms with E-state index in [1.807, 2.05) is 0 Å². The van der Waals surface area contributed by atoms with E-state index in [0.717, 1.165) is 17.7 Å². The maximum Gasteiger partial charge on any atom is 0.230 e. The van der Waals surface area contributed by atoms with E-state index in [1.165, 1.54) is 11.8 Å². The van der Waals surface area contributed by atoms with Crippen LogP contribution in [0.1, 0.15) is 18.5 Å². The Hall–Kier alpha value is -1.76. The van der Waals surface area contributed by atoms with E-state index in [1.54, 1.807) is 18.3 Å². The topological polar surface area (TPSA) is 101 Å². The molecule has 2 rings (SSSR count). The molecule has 7 heteroatoms. The van der Waals surface area contributed by atoms with Gasteiger partial charge in [-0.15, -0.1) is 11.8 Å². The van der Waals surface area contributed by atoms with Crippen molar-refractivity contribution >= 4 is 23.5 Å². The Kier molecular flexibility index (Phi) is 4.03. The molecule has 0 unspecified atom stereocenters. The number of nitrogens with one attached hydrogen (secondary N) is 1. The van der Waals surface area contributed by atoms with Crippen molar-refractivity contribution in [2.45, 2.75) is 23.8 Å². The summed E-state index contributed by atoms with van der Waals surface area (Å²) in [6, 6.07) is 3.89. The Morgan fingerprint density at radius 2 is 2.44 bits per heavy atom. The van der Waals surface area contributed by atoms with Crippen LogP contribution in [0, 0.1) is 0 Å². The Morgan fingerprint density at radius 3 is 3.11 bits per heavy atom. The summed E-state index contributed by atoms with van der Waals surface area (Å²) in [5, 5.41) is 14.5. The van der Waals surface area contributed by atoms with E-state index in [4.69, 9.17) is 10.9 Å². The van der Waals surface area contributed by atoms with Crippen molar-refractivity contribution in [1.29, 1.82) is 0 Å². The van der Waals surface area contributed by atoms with Crippen LogP contribution >= 0.6 is 11.8 Å². The standard InChI is InChI=1S/C11H14N4O2S/c12-11(15-17)10-8(2-1-5-13-10)18-6-9(16)14-7-3-4-7/h1-2,5,7,17H,3-4,6H2,(H2,12,15)(H,14,16). The summed E-state index contributed by atoms with van der Waals surface area (Å²) in [6.07, 6.45) is 3.69. The van der Waals surface area contributed by atoms with Crippen LogP contribution in [0.25, 0.3) is 0 Å². The first kappa shape index (κ1) is 12.7. The van der Waals surface area contributed by atoms with Gasteiger partial charge in [0.15, 0.2) is 5.84 Å². The lowest BCUT2D eigenvalue weighted by Gasteiger charge is -2.06. The van der Waals surface area contributed by atoms with E-state index in [0.29, 0.717) is 17.5 Å². The second kappa shape index (κ2) is 5.72. The van der Waals surface area contributed by atoms with Crippen molar-refractivity contribution in [2.24, 2.45) is 10.9 Å². The molecule has 0 saturated heterocycles. The van der Waals surface area contributed by atoms with Crippen molar-refractivity contribution in [1.82, 2.24) is 10.3 Å². The number of nitrogens with zero attached hydrogens (tertiary/aromatic N) is 2. The van der Waals surface area contributed by atoms with E-state index >= 15 is 0 Å². The summed E-state index contributed by atoms with van der Waals surface area (Å²) in [5.41, 5.74) is 5.91. The third-order valence-electron chi connectivity index (χ3n) is 2.42. The molecule has 0 aliphatic heterocycles. The normalized spacial score (nSPS) is 15.4. The van der Waals surface area contributed by atoms with Gasteiger partial charge in [-0.25, -0.2) is 0 Å². The fourth-order valence-electron chi connectivity index (χ4n) is 1.39. The first-order chi connectivity index (χ1) is 8.70. The molecule has 0 spiro atoms. The van der Waals surface area contributed by atoms with Crippen LogP contribution in [0.5, 0.6) is 0 Å². The van der Waals surface area contributed by atoms with Crippen molar-refractivity contribution in [2.75, 3.05) is 5.75 Å². The first-order valence-corrected chi connectivity index (χ1v) is 6.54. The van der Waals surface area contributed by atoms with Gasteiger partial charge in [-0.1, -0.05) is 5.16 Å². The number of carbonyl (C=O) groups is 1. The molecular weight excluding hydrogens is 252 g/mol. The molecule has 0 radical (unpaired) electrons. The summed E-state index contributed by atoms with van der Waals surface area (Å²) < 4.78 is 0. The number of amidine groups is 1. The molecule has 1 heterocycles. The monoisotopic (exact) mass is 266 g/mol. The van der Waals surface area contributed by atoms with Crippen LogP contribution in [0.4, 0.5) is 0 Å². The zero-order valence-corrected chi connectivity index (χ0v) is 10.5. The molecule has 1 amide bonds. The second-order valence-corrected chi connectivity index (χ2v) is 4.98. The molecular formula is C11H14N4O2S. The largest absolute Gasteiger partial charge is 0.409 e. The second-order valence-electron chi connectivity index (χ2n) is 3.97. The minimum atomic E-state index is -0.0549. The van der Waals surface area contributed by atoms with E-state index in [9.17, 15) is 4.79 Å².